The topological polar surface area (TPSA) is 26.0 Å². The van der Waals surface area contributed by atoms with Gasteiger partial charge < -0.3 is 5.73 Å². The summed E-state index contributed by atoms with van der Waals surface area (Å²) in [7, 11) is 0. The molecule has 0 bridgehead atoms. The highest BCUT2D eigenvalue weighted by molar-refractivity contribution is 7.12. The quantitative estimate of drug-likeness (QED) is 0.807. The molecule has 2 rings (SSSR count). The Bertz CT molecular complexity index is 347. The lowest BCUT2D eigenvalue weighted by atomic mass is 9.80. The first-order chi connectivity index (χ1) is 7.03. The highest BCUT2D eigenvalue weighted by Gasteiger charge is 2.36. The predicted molar refractivity (Wildman–Crippen MR) is 67.3 cm³/mol. The van der Waals surface area contributed by atoms with E-state index in [-0.39, 0.29) is 6.04 Å². The number of hydrogen-bond acceptors (Lipinski definition) is 2. The van der Waals surface area contributed by atoms with Gasteiger partial charge in [0.2, 0.25) is 0 Å². The van der Waals surface area contributed by atoms with E-state index in [0.717, 1.165) is 0 Å². The van der Waals surface area contributed by atoms with E-state index in [9.17, 15) is 0 Å². The molecule has 1 aliphatic rings. The summed E-state index contributed by atoms with van der Waals surface area (Å²) in [6.45, 7) is 6.72. The second-order valence-electron chi connectivity index (χ2n) is 5.24. The van der Waals surface area contributed by atoms with Gasteiger partial charge in [-0.1, -0.05) is 19.8 Å². The Morgan fingerprint density at radius 2 is 1.93 bits per heavy atom. The molecule has 1 aromatic rings. The Kier molecular flexibility index (Phi) is 2.91. The van der Waals surface area contributed by atoms with Crippen LogP contribution in [0.3, 0.4) is 0 Å². The van der Waals surface area contributed by atoms with Crippen molar-refractivity contribution in [2.24, 2.45) is 11.1 Å². The van der Waals surface area contributed by atoms with E-state index in [4.69, 9.17) is 5.73 Å². The summed E-state index contributed by atoms with van der Waals surface area (Å²) in [6.07, 6.45) is 5.30. The zero-order chi connectivity index (χ0) is 11.1. The molecule has 1 aromatic heterocycles. The van der Waals surface area contributed by atoms with Crippen molar-refractivity contribution in [3.8, 4) is 0 Å². The predicted octanol–water partition coefficient (Wildman–Crippen LogP) is 3.95. The van der Waals surface area contributed by atoms with Crippen LogP contribution in [0.1, 0.15) is 54.0 Å². The maximum atomic E-state index is 6.46. The van der Waals surface area contributed by atoms with Gasteiger partial charge in [-0.2, -0.15) is 0 Å². The van der Waals surface area contributed by atoms with Crippen LogP contribution in [0.4, 0.5) is 0 Å². The van der Waals surface area contributed by atoms with E-state index in [1.54, 1.807) is 0 Å². The van der Waals surface area contributed by atoms with Crippen LogP contribution in [0.2, 0.25) is 0 Å². The van der Waals surface area contributed by atoms with E-state index in [2.05, 4.69) is 26.8 Å². The molecular weight excluding hydrogens is 202 g/mol. The molecule has 1 fully saturated rings. The Morgan fingerprint density at radius 3 is 2.40 bits per heavy atom. The molecule has 15 heavy (non-hydrogen) atoms. The van der Waals surface area contributed by atoms with Crippen LogP contribution in [-0.2, 0) is 0 Å². The summed E-state index contributed by atoms with van der Waals surface area (Å²) >= 11 is 1.88. The molecular formula is C13H21NS. The third-order valence-electron chi connectivity index (χ3n) is 3.86. The molecule has 2 N–H and O–H groups in total. The normalized spacial score (nSPS) is 21.9. The van der Waals surface area contributed by atoms with Crippen molar-refractivity contribution in [1.29, 1.82) is 0 Å². The molecule has 0 saturated heterocycles. The number of nitrogens with two attached hydrogens (primary N) is 1. The van der Waals surface area contributed by atoms with Crippen LogP contribution in [0.25, 0.3) is 0 Å². The van der Waals surface area contributed by atoms with Crippen molar-refractivity contribution in [3.63, 3.8) is 0 Å². The summed E-state index contributed by atoms with van der Waals surface area (Å²) in [4.78, 5) is 2.80. The maximum absolute atomic E-state index is 6.46. The molecule has 0 aliphatic heterocycles. The second-order valence-corrected chi connectivity index (χ2v) is 6.53. The average Bonchev–Trinajstić information content (AvgIpc) is 2.73. The molecule has 0 amide bonds. The SMILES string of the molecule is Cc1cc(C)c(C(N)C2(C)CCCC2)s1. The number of hydrogen-bond donors (Lipinski definition) is 1. The summed E-state index contributed by atoms with van der Waals surface area (Å²) in [6, 6.07) is 2.51. The van der Waals surface area contributed by atoms with Gasteiger partial charge in [0.15, 0.2) is 0 Å². The lowest BCUT2D eigenvalue weighted by Gasteiger charge is -2.31. The molecule has 2 heteroatoms. The molecule has 1 nitrogen and oxygen atoms in total. The zero-order valence-corrected chi connectivity index (χ0v) is 10.8. The molecule has 0 radical (unpaired) electrons. The summed E-state index contributed by atoms with van der Waals surface area (Å²) in [5, 5.41) is 0. The van der Waals surface area contributed by atoms with Crippen molar-refractivity contribution in [2.45, 2.75) is 52.5 Å². The first-order valence-electron chi connectivity index (χ1n) is 5.85. The first kappa shape index (κ1) is 11.2. The minimum Gasteiger partial charge on any atom is -0.323 e. The molecule has 1 atom stereocenters. The van der Waals surface area contributed by atoms with Gasteiger partial charge >= 0.3 is 0 Å². The largest absolute Gasteiger partial charge is 0.323 e. The lowest BCUT2D eigenvalue weighted by Crippen LogP contribution is -2.29. The summed E-state index contributed by atoms with van der Waals surface area (Å²) < 4.78 is 0. The van der Waals surface area contributed by atoms with Gasteiger partial charge in [0.05, 0.1) is 0 Å². The van der Waals surface area contributed by atoms with Gasteiger partial charge in [0.1, 0.15) is 0 Å². The monoisotopic (exact) mass is 223 g/mol. The molecule has 1 heterocycles. The highest BCUT2D eigenvalue weighted by Crippen LogP contribution is 2.47. The average molecular weight is 223 g/mol. The van der Waals surface area contributed by atoms with E-state index in [1.807, 2.05) is 11.3 Å². The maximum Gasteiger partial charge on any atom is 0.0447 e. The van der Waals surface area contributed by atoms with Crippen molar-refractivity contribution in [3.05, 3.63) is 21.4 Å². The zero-order valence-electron chi connectivity index (χ0n) is 9.97. The van der Waals surface area contributed by atoms with E-state index >= 15 is 0 Å². The fourth-order valence-electron chi connectivity index (χ4n) is 2.78. The summed E-state index contributed by atoms with van der Waals surface area (Å²) in [5.74, 6) is 0. The number of thiophene rings is 1. The van der Waals surface area contributed by atoms with Crippen LogP contribution >= 0.6 is 11.3 Å². The van der Waals surface area contributed by atoms with Crippen LogP contribution in [-0.4, -0.2) is 0 Å². The van der Waals surface area contributed by atoms with Gasteiger partial charge in [-0.15, -0.1) is 11.3 Å². The van der Waals surface area contributed by atoms with Gasteiger partial charge in [-0.05, 0) is 43.7 Å². The molecule has 84 valence electrons. The minimum absolute atomic E-state index is 0.249. The third-order valence-corrected chi connectivity index (χ3v) is 5.09. The molecule has 0 spiro atoms. The fourth-order valence-corrected chi connectivity index (χ4v) is 3.99. The molecule has 0 aromatic carbocycles. The Labute approximate surface area is 96.7 Å². The van der Waals surface area contributed by atoms with Crippen molar-refractivity contribution in [1.82, 2.24) is 0 Å². The standard InChI is InChI=1S/C13H21NS/c1-9-8-10(2)15-11(9)12(14)13(3)6-4-5-7-13/h8,12H,4-7,14H2,1-3H3. The number of rotatable bonds is 2. The Morgan fingerprint density at radius 1 is 1.33 bits per heavy atom. The van der Waals surface area contributed by atoms with Crippen molar-refractivity contribution >= 4 is 11.3 Å². The molecule has 1 saturated carbocycles. The van der Waals surface area contributed by atoms with Gasteiger partial charge in [0, 0.05) is 15.8 Å². The first-order valence-corrected chi connectivity index (χ1v) is 6.67. The van der Waals surface area contributed by atoms with Crippen LogP contribution in [0.15, 0.2) is 6.07 Å². The van der Waals surface area contributed by atoms with E-state index in [1.165, 1.54) is 41.0 Å². The smallest absolute Gasteiger partial charge is 0.0447 e. The minimum atomic E-state index is 0.249. The van der Waals surface area contributed by atoms with Gasteiger partial charge in [0.25, 0.3) is 0 Å². The Hall–Kier alpha value is -0.340. The second kappa shape index (κ2) is 3.91. The van der Waals surface area contributed by atoms with E-state index < -0.39 is 0 Å². The lowest BCUT2D eigenvalue weighted by molar-refractivity contribution is 0.268. The molecule has 1 aliphatic carbocycles. The Balaban J connectivity index is 2.27. The van der Waals surface area contributed by atoms with Crippen LogP contribution in [0, 0.1) is 19.3 Å². The number of aryl methyl sites for hydroxylation is 2. The van der Waals surface area contributed by atoms with Crippen molar-refractivity contribution in [2.75, 3.05) is 0 Å². The summed E-state index contributed by atoms with van der Waals surface area (Å²) in [5.41, 5.74) is 8.20. The highest BCUT2D eigenvalue weighted by atomic mass is 32.1. The third kappa shape index (κ3) is 1.98. The van der Waals surface area contributed by atoms with Crippen LogP contribution < -0.4 is 5.73 Å². The van der Waals surface area contributed by atoms with Crippen LogP contribution in [0.5, 0.6) is 0 Å². The van der Waals surface area contributed by atoms with Crippen molar-refractivity contribution < 1.29 is 0 Å². The van der Waals surface area contributed by atoms with Gasteiger partial charge in [-0.25, -0.2) is 0 Å². The molecule has 1 unspecified atom stereocenters. The fraction of sp³-hybridized carbons (Fsp3) is 0.692. The van der Waals surface area contributed by atoms with Gasteiger partial charge in [-0.3, -0.25) is 0 Å². The van der Waals surface area contributed by atoms with E-state index in [0.29, 0.717) is 5.41 Å².